The Kier molecular flexibility index (Phi) is 3.89. The van der Waals surface area contributed by atoms with E-state index in [2.05, 4.69) is 0 Å². The highest BCUT2D eigenvalue weighted by atomic mass is 32.2. The minimum absolute atomic E-state index is 0.164. The Labute approximate surface area is 151 Å². The zero-order chi connectivity index (χ0) is 18.3. The van der Waals surface area contributed by atoms with Crippen LogP contribution in [0.1, 0.15) is 10.4 Å². The molecule has 0 aliphatic carbocycles. The Morgan fingerprint density at radius 2 is 1.31 bits per heavy atom. The molecule has 0 unspecified atom stereocenters. The second-order valence-electron chi connectivity index (χ2n) is 6.34. The molecule has 0 aliphatic heterocycles. The average molecular weight is 363 g/mol. The first-order chi connectivity index (χ1) is 12.5. The van der Waals surface area contributed by atoms with E-state index in [1.807, 2.05) is 55.5 Å². The zero-order valence-corrected chi connectivity index (χ0v) is 15.0. The summed E-state index contributed by atoms with van der Waals surface area (Å²) in [5, 5.41) is 1.87. The lowest BCUT2D eigenvalue weighted by atomic mass is 10.2. The fraction of sp³-hybridized carbons (Fsp3) is 0.0952. The lowest BCUT2D eigenvalue weighted by Gasteiger charge is -2.08. The predicted octanol–water partition coefficient (Wildman–Crippen LogP) is 4.22. The van der Waals surface area contributed by atoms with Crippen LogP contribution in [-0.2, 0) is 9.84 Å². The van der Waals surface area contributed by atoms with Gasteiger partial charge in [0, 0.05) is 10.8 Å². The molecular weight excluding hydrogens is 346 g/mol. The molecule has 1 aromatic heterocycles. The number of para-hydroxylation sites is 2. The fourth-order valence-electron chi connectivity index (χ4n) is 3.25. The van der Waals surface area contributed by atoms with Crippen molar-refractivity contribution < 1.29 is 13.2 Å². The van der Waals surface area contributed by atoms with Gasteiger partial charge in [-0.3, -0.25) is 9.36 Å². The Morgan fingerprint density at radius 1 is 0.808 bits per heavy atom. The van der Waals surface area contributed by atoms with Crippen LogP contribution in [0.25, 0.3) is 21.8 Å². The molecule has 0 N–H and O–H groups in total. The number of rotatable bonds is 3. The van der Waals surface area contributed by atoms with E-state index in [9.17, 15) is 13.2 Å². The van der Waals surface area contributed by atoms with Crippen LogP contribution in [0.5, 0.6) is 0 Å². The number of hydrogen-bond donors (Lipinski definition) is 0. The van der Waals surface area contributed by atoms with Crippen LogP contribution in [0.15, 0.2) is 77.7 Å². The minimum Gasteiger partial charge on any atom is -0.279 e. The molecule has 0 radical (unpaired) electrons. The van der Waals surface area contributed by atoms with Gasteiger partial charge in [-0.15, -0.1) is 0 Å². The van der Waals surface area contributed by atoms with E-state index >= 15 is 0 Å². The quantitative estimate of drug-likeness (QED) is 0.548. The van der Waals surface area contributed by atoms with Gasteiger partial charge < -0.3 is 0 Å². The number of carbonyl (C=O) groups is 1. The molecule has 4 aromatic rings. The third kappa shape index (κ3) is 2.70. The number of hydrogen-bond acceptors (Lipinski definition) is 3. The van der Waals surface area contributed by atoms with Crippen molar-refractivity contribution in [3.8, 4) is 0 Å². The summed E-state index contributed by atoms with van der Waals surface area (Å²) < 4.78 is 26.9. The second-order valence-corrected chi connectivity index (χ2v) is 8.33. The molecule has 0 saturated heterocycles. The van der Waals surface area contributed by atoms with Gasteiger partial charge in [-0.25, -0.2) is 8.42 Å². The molecule has 0 fully saturated rings. The first kappa shape index (κ1) is 16.5. The van der Waals surface area contributed by atoms with Gasteiger partial charge in [0.25, 0.3) is 0 Å². The van der Waals surface area contributed by atoms with E-state index in [1.54, 1.807) is 24.3 Å². The van der Waals surface area contributed by atoms with Crippen LogP contribution in [-0.4, -0.2) is 24.6 Å². The molecule has 5 heteroatoms. The predicted molar refractivity (Wildman–Crippen MR) is 103 cm³/mol. The first-order valence-corrected chi connectivity index (χ1v) is 9.93. The Balaban J connectivity index is 1.82. The zero-order valence-electron chi connectivity index (χ0n) is 14.2. The second kappa shape index (κ2) is 6.11. The molecular formula is C21H17NO3S. The molecule has 0 atom stereocenters. The maximum absolute atomic E-state index is 13.0. The van der Waals surface area contributed by atoms with Crippen molar-refractivity contribution in [2.75, 3.05) is 5.75 Å². The van der Waals surface area contributed by atoms with E-state index in [4.69, 9.17) is 0 Å². The summed E-state index contributed by atoms with van der Waals surface area (Å²) in [7, 11) is -3.71. The molecule has 3 aromatic carbocycles. The molecule has 0 bridgehead atoms. The lowest BCUT2D eigenvalue weighted by molar-refractivity contribution is 0.0950. The van der Waals surface area contributed by atoms with Crippen molar-refractivity contribution in [3.05, 3.63) is 78.4 Å². The van der Waals surface area contributed by atoms with Crippen LogP contribution in [0.4, 0.5) is 0 Å². The molecule has 0 aliphatic rings. The van der Waals surface area contributed by atoms with Crippen molar-refractivity contribution >= 4 is 37.6 Å². The lowest BCUT2D eigenvalue weighted by Crippen LogP contribution is -2.22. The molecule has 0 saturated carbocycles. The van der Waals surface area contributed by atoms with Gasteiger partial charge in [0.05, 0.1) is 15.9 Å². The van der Waals surface area contributed by atoms with Gasteiger partial charge in [-0.05, 0) is 31.2 Å². The van der Waals surface area contributed by atoms with E-state index in [1.165, 1.54) is 4.57 Å². The SMILES string of the molecule is Cc1ccc(S(=O)(=O)CC(=O)n2c3ccccc3c3ccccc32)cc1. The topological polar surface area (TPSA) is 56.1 Å². The smallest absolute Gasteiger partial charge is 0.247 e. The number of sulfone groups is 1. The highest BCUT2D eigenvalue weighted by Crippen LogP contribution is 2.29. The number of fused-ring (bicyclic) bond motifs is 3. The van der Waals surface area contributed by atoms with Crippen molar-refractivity contribution in [2.45, 2.75) is 11.8 Å². The van der Waals surface area contributed by atoms with Crippen LogP contribution in [0, 0.1) is 6.92 Å². The molecule has 4 nitrogen and oxygen atoms in total. The molecule has 0 spiro atoms. The van der Waals surface area contributed by atoms with Crippen LogP contribution in [0.2, 0.25) is 0 Å². The largest absolute Gasteiger partial charge is 0.279 e. The van der Waals surface area contributed by atoms with Crippen molar-refractivity contribution in [2.24, 2.45) is 0 Å². The highest BCUT2D eigenvalue weighted by molar-refractivity contribution is 7.92. The third-order valence-corrected chi connectivity index (χ3v) is 6.14. The van der Waals surface area contributed by atoms with E-state index in [0.717, 1.165) is 27.4 Å². The highest BCUT2D eigenvalue weighted by Gasteiger charge is 2.23. The van der Waals surface area contributed by atoms with Crippen LogP contribution in [0.3, 0.4) is 0 Å². The minimum atomic E-state index is -3.71. The van der Waals surface area contributed by atoms with Gasteiger partial charge in [-0.1, -0.05) is 54.1 Å². The van der Waals surface area contributed by atoms with E-state index < -0.39 is 21.5 Å². The molecule has 0 amide bonds. The number of aromatic nitrogens is 1. The summed E-state index contributed by atoms with van der Waals surface area (Å²) in [6, 6.07) is 21.6. The van der Waals surface area contributed by atoms with E-state index in [0.29, 0.717) is 0 Å². The monoisotopic (exact) mass is 363 g/mol. The third-order valence-electron chi connectivity index (χ3n) is 4.52. The number of benzene rings is 3. The first-order valence-electron chi connectivity index (χ1n) is 8.28. The Bertz CT molecular complexity index is 1180. The normalized spacial score (nSPS) is 11.9. The van der Waals surface area contributed by atoms with Crippen molar-refractivity contribution in [1.82, 2.24) is 4.57 Å². The summed E-state index contributed by atoms with van der Waals surface area (Å²) in [6.07, 6.45) is 0. The number of carbonyl (C=O) groups excluding carboxylic acids is 1. The Hall–Kier alpha value is -2.92. The number of nitrogens with zero attached hydrogens (tertiary/aromatic N) is 1. The number of aryl methyl sites for hydroxylation is 1. The molecule has 1 heterocycles. The van der Waals surface area contributed by atoms with Gasteiger partial charge in [0.2, 0.25) is 5.91 Å². The summed E-state index contributed by atoms with van der Waals surface area (Å²) in [5.74, 6) is -1.03. The average Bonchev–Trinajstić information content (AvgIpc) is 2.96. The van der Waals surface area contributed by atoms with Crippen molar-refractivity contribution in [3.63, 3.8) is 0 Å². The van der Waals surface area contributed by atoms with Gasteiger partial charge >= 0.3 is 0 Å². The fourth-order valence-corrected chi connectivity index (χ4v) is 4.42. The van der Waals surface area contributed by atoms with Crippen LogP contribution >= 0.6 is 0 Å². The maximum Gasteiger partial charge on any atom is 0.247 e. The maximum atomic E-state index is 13.0. The van der Waals surface area contributed by atoms with Gasteiger partial charge in [0.1, 0.15) is 5.75 Å². The molecule has 26 heavy (non-hydrogen) atoms. The van der Waals surface area contributed by atoms with Crippen LogP contribution < -0.4 is 0 Å². The Morgan fingerprint density at radius 3 is 1.85 bits per heavy atom. The van der Waals surface area contributed by atoms with Gasteiger partial charge in [0.15, 0.2) is 9.84 Å². The molecule has 4 rings (SSSR count). The summed E-state index contributed by atoms with van der Waals surface area (Å²) in [4.78, 5) is 13.1. The summed E-state index contributed by atoms with van der Waals surface area (Å²) >= 11 is 0. The van der Waals surface area contributed by atoms with E-state index in [-0.39, 0.29) is 4.90 Å². The summed E-state index contributed by atoms with van der Waals surface area (Å²) in [5.41, 5.74) is 2.41. The van der Waals surface area contributed by atoms with Gasteiger partial charge in [-0.2, -0.15) is 0 Å². The van der Waals surface area contributed by atoms with Crippen molar-refractivity contribution in [1.29, 1.82) is 0 Å². The molecule has 130 valence electrons. The standard InChI is InChI=1S/C21H17NO3S/c1-15-10-12-16(13-11-15)26(24,25)14-21(23)22-19-8-4-2-6-17(19)18-7-3-5-9-20(18)22/h2-13H,14H2,1H3. The summed E-state index contributed by atoms with van der Waals surface area (Å²) in [6.45, 7) is 1.89.